The Kier molecular flexibility index (Phi) is 4.76. The van der Waals surface area contributed by atoms with Crippen LogP contribution in [0, 0.1) is 5.92 Å². The monoisotopic (exact) mass is 270 g/mol. The first-order valence-corrected chi connectivity index (χ1v) is 6.93. The van der Waals surface area contributed by atoms with Gasteiger partial charge in [-0.1, -0.05) is 0 Å². The number of aliphatic carboxylic acids is 1. The maximum atomic E-state index is 12.3. The summed E-state index contributed by atoms with van der Waals surface area (Å²) in [5.74, 6) is -0.614. The second-order valence-electron chi connectivity index (χ2n) is 5.49. The number of ether oxygens (including phenoxy) is 1. The first-order valence-electron chi connectivity index (χ1n) is 6.93. The van der Waals surface area contributed by atoms with Crippen molar-refractivity contribution < 1.29 is 19.4 Å². The van der Waals surface area contributed by atoms with Crippen molar-refractivity contribution in [2.24, 2.45) is 11.7 Å². The largest absolute Gasteiger partial charge is 0.481 e. The van der Waals surface area contributed by atoms with E-state index in [1.807, 2.05) is 4.90 Å². The second-order valence-corrected chi connectivity index (χ2v) is 5.49. The summed E-state index contributed by atoms with van der Waals surface area (Å²) >= 11 is 0. The van der Waals surface area contributed by atoms with E-state index in [2.05, 4.69) is 0 Å². The van der Waals surface area contributed by atoms with Gasteiger partial charge in [0.2, 0.25) is 5.91 Å². The molecule has 0 aromatic heterocycles. The molecule has 6 heteroatoms. The van der Waals surface area contributed by atoms with Crippen LogP contribution in [-0.4, -0.2) is 53.7 Å². The Labute approximate surface area is 112 Å². The van der Waals surface area contributed by atoms with Gasteiger partial charge in [-0.05, 0) is 25.7 Å². The predicted octanol–water partition coefficient (Wildman–Crippen LogP) is 0.206. The molecule has 0 spiro atoms. The van der Waals surface area contributed by atoms with Crippen LogP contribution >= 0.6 is 0 Å². The lowest BCUT2D eigenvalue weighted by Gasteiger charge is -2.27. The van der Waals surface area contributed by atoms with Crippen LogP contribution in [-0.2, 0) is 14.3 Å². The zero-order valence-electron chi connectivity index (χ0n) is 11.1. The Bertz CT molecular complexity index is 338. The minimum Gasteiger partial charge on any atom is -0.481 e. The molecule has 2 atom stereocenters. The summed E-state index contributed by atoms with van der Waals surface area (Å²) in [5, 5.41) is 8.64. The van der Waals surface area contributed by atoms with Crippen LogP contribution < -0.4 is 5.73 Å². The fraction of sp³-hybridized carbons (Fsp3) is 0.846. The molecule has 1 heterocycles. The summed E-state index contributed by atoms with van der Waals surface area (Å²) in [5.41, 5.74) is 5.82. The standard InChI is InChI=1S/C13H22N2O4/c14-11(3-4-12(16)17)13(18)15(10-1-2-10)7-9-5-6-19-8-9/h9-11H,1-8,14H2,(H,16,17). The molecule has 0 aromatic carbocycles. The SMILES string of the molecule is NC(CCC(=O)O)C(=O)N(CC1CCOC1)C1CC1. The van der Waals surface area contributed by atoms with E-state index >= 15 is 0 Å². The van der Waals surface area contributed by atoms with Gasteiger partial charge in [-0.3, -0.25) is 9.59 Å². The molecule has 6 nitrogen and oxygen atoms in total. The quantitative estimate of drug-likeness (QED) is 0.689. The molecular formula is C13H22N2O4. The second kappa shape index (κ2) is 6.34. The third-order valence-electron chi connectivity index (χ3n) is 3.74. The van der Waals surface area contributed by atoms with Crippen molar-refractivity contribution in [2.75, 3.05) is 19.8 Å². The lowest BCUT2D eigenvalue weighted by molar-refractivity contribution is -0.138. The highest BCUT2D eigenvalue weighted by Crippen LogP contribution is 2.29. The molecule has 2 aliphatic rings. The highest BCUT2D eigenvalue weighted by molar-refractivity contribution is 5.82. The molecule has 2 unspecified atom stereocenters. The summed E-state index contributed by atoms with van der Waals surface area (Å²) in [6.07, 6.45) is 3.20. The van der Waals surface area contributed by atoms with Gasteiger partial charge >= 0.3 is 5.97 Å². The van der Waals surface area contributed by atoms with E-state index in [-0.39, 0.29) is 18.7 Å². The molecule has 108 valence electrons. The topological polar surface area (TPSA) is 92.9 Å². The molecule has 1 aliphatic carbocycles. The number of nitrogens with zero attached hydrogens (tertiary/aromatic N) is 1. The maximum absolute atomic E-state index is 12.3. The van der Waals surface area contributed by atoms with Gasteiger partial charge in [0.1, 0.15) is 0 Å². The number of carboxylic acid groups (broad SMARTS) is 1. The molecule has 2 rings (SSSR count). The average Bonchev–Trinajstić information content (AvgIpc) is 3.09. The summed E-state index contributed by atoms with van der Waals surface area (Å²) < 4.78 is 5.33. The van der Waals surface area contributed by atoms with Crippen LogP contribution in [0.15, 0.2) is 0 Å². The average molecular weight is 270 g/mol. The van der Waals surface area contributed by atoms with Gasteiger partial charge in [-0.2, -0.15) is 0 Å². The zero-order chi connectivity index (χ0) is 13.8. The molecule has 2 fully saturated rings. The smallest absolute Gasteiger partial charge is 0.303 e. The number of carbonyl (C=O) groups is 2. The van der Waals surface area contributed by atoms with Crippen LogP contribution in [0.1, 0.15) is 32.1 Å². The third kappa shape index (κ3) is 4.18. The highest BCUT2D eigenvalue weighted by atomic mass is 16.5. The first kappa shape index (κ1) is 14.3. The Hall–Kier alpha value is -1.14. The Morgan fingerprint density at radius 3 is 2.63 bits per heavy atom. The van der Waals surface area contributed by atoms with E-state index in [1.54, 1.807) is 0 Å². The summed E-state index contributed by atoms with van der Waals surface area (Å²) in [4.78, 5) is 24.7. The lowest BCUT2D eigenvalue weighted by Crippen LogP contribution is -2.47. The number of hydrogen-bond acceptors (Lipinski definition) is 4. The maximum Gasteiger partial charge on any atom is 0.303 e. The van der Waals surface area contributed by atoms with Crippen LogP contribution in [0.4, 0.5) is 0 Å². The van der Waals surface area contributed by atoms with Crippen molar-refractivity contribution in [3.63, 3.8) is 0 Å². The van der Waals surface area contributed by atoms with E-state index in [9.17, 15) is 9.59 Å². The van der Waals surface area contributed by atoms with Gasteiger partial charge < -0.3 is 20.5 Å². The third-order valence-corrected chi connectivity index (χ3v) is 3.74. The normalized spacial score (nSPS) is 24.2. The van der Waals surface area contributed by atoms with Gasteiger partial charge in [-0.25, -0.2) is 0 Å². The van der Waals surface area contributed by atoms with Crippen molar-refractivity contribution in [1.82, 2.24) is 4.90 Å². The van der Waals surface area contributed by atoms with Gasteiger partial charge in [0.05, 0.1) is 12.6 Å². The molecule has 3 N–H and O–H groups in total. The Morgan fingerprint density at radius 2 is 2.11 bits per heavy atom. The van der Waals surface area contributed by atoms with Crippen LogP contribution in [0.25, 0.3) is 0 Å². The Balaban J connectivity index is 1.86. The molecule has 0 aromatic rings. The number of nitrogens with two attached hydrogens (primary N) is 1. The van der Waals surface area contributed by atoms with E-state index in [0.29, 0.717) is 25.1 Å². The Morgan fingerprint density at radius 1 is 1.37 bits per heavy atom. The van der Waals surface area contributed by atoms with Crippen molar-refractivity contribution in [1.29, 1.82) is 0 Å². The predicted molar refractivity (Wildman–Crippen MR) is 68.5 cm³/mol. The van der Waals surface area contributed by atoms with Crippen LogP contribution in [0.2, 0.25) is 0 Å². The zero-order valence-corrected chi connectivity index (χ0v) is 11.1. The minimum absolute atomic E-state index is 0.0576. The molecule has 1 aliphatic heterocycles. The van der Waals surface area contributed by atoms with Gasteiger partial charge in [-0.15, -0.1) is 0 Å². The van der Waals surface area contributed by atoms with E-state index in [4.69, 9.17) is 15.6 Å². The van der Waals surface area contributed by atoms with E-state index < -0.39 is 12.0 Å². The highest BCUT2D eigenvalue weighted by Gasteiger charge is 2.36. The number of carbonyl (C=O) groups excluding carboxylic acids is 1. The molecule has 1 amide bonds. The fourth-order valence-electron chi connectivity index (χ4n) is 2.43. The minimum atomic E-state index is -0.912. The number of carboxylic acids is 1. The summed E-state index contributed by atoms with van der Waals surface area (Å²) in [7, 11) is 0. The summed E-state index contributed by atoms with van der Waals surface area (Å²) in [6, 6.07) is -0.386. The lowest BCUT2D eigenvalue weighted by atomic mass is 10.1. The van der Waals surface area contributed by atoms with Crippen molar-refractivity contribution in [3.8, 4) is 0 Å². The molecule has 1 saturated heterocycles. The van der Waals surface area contributed by atoms with E-state index in [0.717, 1.165) is 25.9 Å². The molecular weight excluding hydrogens is 248 g/mol. The molecule has 1 saturated carbocycles. The van der Waals surface area contributed by atoms with Gasteiger partial charge in [0, 0.05) is 31.5 Å². The van der Waals surface area contributed by atoms with Crippen LogP contribution in [0.3, 0.4) is 0 Å². The summed E-state index contributed by atoms with van der Waals surface area (Å²) in [6.45, 7) is 2.17. The van der Waals surface area contributed by atoms with Crippen molar-refractivity contribution in [3.05, 3.63) is 0 Å². The number of rotatable bonds is 7. The fourth-order valence-corrected chi connectivity index (χ4v) is 2.43. The van der Waals surface area contributed by atoms with Gasteiger partial charge in [0.15, 0.2) is 0 Å². The number of hydrogen-bond donors (Lipinski definition) is 2. The molecule has 19 heavy (non-hydrogen) atoms. The van der Waals surface area contributed by atoms with Crippen molar-refractivity contribution in [2.45, 2.75) is 44.2 Å². The van der Waals surface area contributed by atoms with Crippen molar-refractivity contribution >= 4 is 11.9 Å². The molecule has 0 radical (unpaired) electrons. The van der Waals surface area contributed by atoms with E-state index in [1.165, 1.54) is 0 Å². The van der Waals surface area contributed by atoms with Crippen LogP contribution in [0.5, 0.6) is 0 Å². The number of amides is 1. The van der Waals surface area contributed by atoms with Gasteiger partial charge in [0.25, 0.3) is 0 Å². The molecule has 0 bridgehead atoms. The first-order chi connectivity index (χ1) is 9.08.